The number of nitrogens with two attached hydrogens (primary N) is 1. The standard InChI is InChI=1S/C23H36N2O/c24-22-9-5-4-8-21(22)23(26)14-16-25(17-15-23)20-12-10-19(11-13-20)18-6-2-1-3-7-18/h4-5,8-9,18-20,26H,1-3,6-7,10-17,24H2. The van der Waals surface area contributed by atoms with Crippen LogP contribution in [0.3, 0.4) is 0 Å². The van der Waals surface area contributed by atoms with E-state index in [-0.39, 0.29) is 0 Å². The van der Waals surface area contributed by atoms with E-state index < -0.39 is 5.60 Å². The van der Waals surface area contributed by atoms with Crippen molar-refractivity contribution in [2.45, 2.75) is 82.3 Å². The quantitative estimate of drug-likeness (QED) is 0.772. The maximum absolute atomic E-state index is 11.1. The smallest absolute Gasteiger partial charge is 0.0940 e. The maximum atomic E-state index is 11.1. The summed E-state index contributed by atoms with van der Waals surface area (Å²) >= 11 is 0. The molecule has 1 aliphatic heterocycles. The van der Waals surface area contributed by atoms with Gasteiger partial charge in [-0.25, -0.2) is 0 Å². The highest BCUT2D eigenvalue weighted by atomic mass is 16.3. The predicted octanol–water partition coefficient (Wildman–Crippen LogP) is 4.69. The minimum absolute atomic E-state index is 0.733. The van der Waals surface area contributed by atoms with E-state index in [9.17, 15) is 5.11 Å². The lowest BCUT2D eigenvalue weighted by molar-refractivity contribution is -0.0414. The second kappa shape index (κ2) is 7.90. The molecule has 1 aromatic rings. The van der Waals surface area contributed by atoms with Crippen molar-refractivity contribution in [2.75, 3.05) is 18.8 Å². The fraction of sp³-hybridized carbons (Fsp3) is 0.739. The predicted molar refractivity (Wildman–Crippen MR) is 108 cm³/mol. The minimum atomic E-state index is -0.735. The van der Waals surface area contributed by atoms with Crippen molar-refractivity contribution in [3.8, 4) is 0 Å². The molecule has 0 atom stereocenters. The number of piperidine rings is 1. The van der Waals surface area contributed by atoms with Crippen LogP contribution in [-0.4, -0.2) is 29.1 Å². The molecule has 0 radical (unpaired) electrons. The Hall–Kier alpha value is -1.06. The van der Waals surface area contributed by atoms with Gasteiger partial charge in [0.2, 0.25) is 0 Å². The molecule has 0 spiro atoms. The average Bonchev–Trinajstić information content (AvgIpc) is 2.70. The summed E-state index contributed by atoms with van der Waals surface area (Å²) in [6, 6.07) is 8.59. The van der Waals surface area contributed by atoms with Gasteiger partial charge < -0.3 is 15.7 Å². The Labute approximate surface area is 159 Å². The summed E-state index contributed by atoms with van der Waals surface area (Å²) in [6.45, 7) is 2.01. The van der Waals surface area contributed by atoms with Gasteiger partial charge in [-0.2, -0.15) is 0 Å². The molecule has 3 N–H and O–H groups in total. The normalized spacial score (nSPS) is 31.0. The Morgan fingerprint density at radius 1 is 0.846 bits per heavy atom. The lowest BCUT2D eigenvalue weighted by Gasteiger charge is -2.45. The molecule has 2 aliphatic carbocycles. The number of aliphatic hydroxyl groups is 1. The fourth-order valence-electron chi connectivity index (χ4n) is 5.99. The Morgan fingerprint density at radius 2 is 1.46 bits per heavy atom. The van der Waals surface area contributed by atoms with Crippen LogP contribution in [0.5, 0.6) is 0 Å². The second-order valence-corrected chi connectivity index (χ2v) is 9.12. The molecular weight excluding hydrogens is 320 g/mol. The molecule has 0 amide bonds. The van der Waals surface area contributed by atoms with Gasteiger partial charge in [-0.3, -0.25) is 0 Å². The van der Waals surface area contributed by atoms with E-state index in [0.717, 1.165) is 55.1 Å². The van der Waals surface area contributed by atoms with Crippen LogP contribution in [-0.2, 0) is 5.60 Å². The number of anilines is 1. The van der Waals surface area contributed by atoms with E-state index in [1.165, 1.54) is 57.8 Å². The first kappa shape index (κ1) is 18.3. The van der Waals surface area contributed by atoms with E-state index in [0.29, 0.717) is 0 Å². The Balaban J connectivity index is 1.30. The zero-order valence-corrected chi connectivity index (χ0v) is 16.2. The fourth-order valence-corrected chi connectivity index (χ4v) is 5.99. The van der Waals surface area contributed by atoms with Crippen LogP contribution < -0.4 is 5.73 Å². The molecule has 0 aromatic heterocycles. The van der Waals surface area contributed by atoms with E-state index in [4.69, 9.17) is 5.73 Å². The van der Waals surface area contributed by atoms with E-state index in [1.54, 1.807) is 0 Å². The van der Waals surface area contributed by atoms with E-state index >= 15 is 0 Å². The van der Waals surface area contributed by atoms with Gasteiger partial charge in [-0.05, 0) is 56.4 Å². The lowest BCUT2D eigenvalue weighted by Crippen LogP contribution is -2.48. The Kier molecular flexibility index (Phi) is 5.56. The zero-order chi connectivity index (χ0) is 18.0. The van der Waals surface area contributed by atoms with Crippen LogP contribution in [0.25, 0.3) is 0 Å². The summed E-state index contributed by atoms with van der Waals surface area (Å²) in [5.74, 6) is 2.02. The summed E-state index contributed by atoms with van der Waals surface area (Å²) in [5.41, 5.74) is 7.06. The van der Waals surface area contributed by atoms with Crippen LogP contribution in [0, 0.1) is 11.8 Å². The van der Waals surface area contributed by atoms with Gasteiger partial charge in [-0.15, -0.1) is 0 Å². The van der Waals surface area contributed by atoms with Gasteiger partial charge in [0.15, 0.2) is 0 Å². The number of nitrogen functional groups attached to an aromatic ring is 1. The van der Waals surface area contributed by atoms with Crippen molar-refractivity contribution >= 4 is 5.69 Å². The lowest BCUT2D eigenvalue weighted by atomic mass is 9.72. The van der Waals surface area contributed by atoms with Gasteiger partial charge in [-0.1, -0.05) is 50.3 Å². The molecule has 3 fully saturated rings. The van der Waals surface area contributed by atoms with E-state index in [2.05, 4.69) is 4.90 Å². The topological polar surface area (TPSA) is 49.5 Å². The van der Waals surface area contributed by atoms with Gasteiger partial charge in [0.1, 0.15) is 0 Å². The Morgan fingerprint density at radius 3 is 2.12 bits per heavy atom. The molecule has 3 aliphatic rings. The van der Waals surface area contributed by atoms with Crippen LogP contribution in [0.1, 0.15) is 76.2 Å². The molecule has 1 heterocycles. The number of hydrogen-bond donors (Lipinski definition) is 2. The molecule has 3 heteroatoms. The third kappa shape index (κ3) is 3.80. The number of benzene rings is 1. The van der Waals surface area contributed by atoms with Crippen LogP contribution in [0.2, 0.25) is 0 Å². The monoisotopic (exact) mass is 356 g/mol. The number of hydrogen-bond acceptors (Lipinski definition) is 3. The second-order valence-electron chi connectivity index (χ2n) is 9.12. The van der Waals surface area contributed by atoms with Crippen LogP contribution in [0.4, 0.5) is 5.69 Å². The highest BCUT2D eigenvalue weighted by Gasteiger charge is 2.38. The number of likely N-dealkylation sites (tertiary alicyclic amines) is 1. The molecular formula is C23H36N2O. The van der Waals surface area contributed by atoms with Crippen molar-refractivity contribution < 1.29 is 5.11 Å². The van der Waals surface area contributed by atoms with E-state index in [1.807, 2.05) is 24.3 Å². The number of rotatable bonds is 3. The molecule has 0 unspecified atom stereocenters. The Bertz CT molecular complexity index is 580. The first-order chi connectivity index (χ1) is 12.7. The summed E-state index contributed by atoms with van der Waals surface area (Å²) in [6.07, 6.45) is 14.6. The van der Waals surface area contributed by atoms with Crippen LogP contribution >= 0.6 is 0 Å². The van der Waals surface area contributed by atoms with Crippen molar-refractivity contribution in [1.29, 1.82) is 0 Å². The summed E-state index contributed by atoms with van der Waals surface area (Å²) in [5, 5.41) is 11.1. The molecule has 3 nitrogen and oxygen atoms in total. The molecule has 4 rings (SSSR count). The van der Waals surface area contributed by atoms with Gasteiger partial charge >= 0.3 is 0 Å². The summed E-state index contributed by atoms with van der Waals surface area (Å²) < 4.78 is 0. The number of para-hydroxylation sites is 1. The van der Waals surface area contributed by atoms with Crippen LogP contribution in [0.15, 0.2) is 24.3 Å². The molecule has 2 saturated carbocycles. The SMILES string of the molecule is Nc1ccccc1C1(O)CCN(C2CCC(C3CCCCC3)CC2)CC1. The van der Waals surface area contributed by atoms with Gasteiger partial charge in [0.25, 0.3) is 0 Å². The van der Waals surface area contributed by atoms with Gasteiger partial charge in [0.05, 0.1) is 5.60 Å². The molecule has 0 bridgehead atoms. The average molecular weight is 357 g/mol. The largest absolute Gasteiger partial charge is 0.398 e. The first-order valence-electron chi connectivity index (χ1n) is 11.0. The van der Waals surface area contributed by atoms with Crippen molar-refractivity contribution in [2.24, 2.45) is 11.8 Å². The first-order valence-corrected chi connectivity index (χ1v) is 11.0. The number of nitrogens with zero attached hydrogens (tertiary/aromatic N) is 1. The molecule has 26 heavy (non-hydrogen) atoms. The molecule has 144 valence electrons. The minimum Gasteiger partial charge on any atom is -0.398 e. The third-order valence-corrected chi connectivity index (χ3v) is 7.66. The summed E-state index contributed by atoms with van der Waals surface area (Å²) in [4.78, 5) is 2.66. The van der Waals surface area contributed by atoms with Crippen molar-refractivity contribution in [1.82, 2.24) is 4.90 Å². The third-order valence-electron chi connectivity index (χ3n) is 7.66. The molecule has 1 aromatic carbocycles. The highest BCUT2D eigenvalue weighted by Crippen LogP contribution is 2.41. The van der Waals surface area contributed by atoms with Crippen molar-refractivity contribution in [3.05, 3.63) is 29.8 Å². The van der Waals surface area contributed by atoms with Crippen molar-refractivity contribution in [3.63, 3.8) is 0 Å². The summed E-state index contributed by atoms with van der Waals surface area (Å²) in [7, 11) is 0. The molecule has 1 saturated heterocycles. The highest BCUT2D eigenvalue weighted by molar-refractivity contribution is 5.49. The van der Waals surface area contributed by atoms with Gasteiger partial charge in [0, 0.05) is 30.4 Å². The maximum Gasteiger partial charge on any atom is 0.0940 e. The zero-order valence-electron chi connectivity index (χ0n) is 16.2.